The predicted octanol–water partition coefficient (Wildman–Crippen LogP) is -2.94. The van der Waals surface area contributed by atoms with Crippen molar-refractivity contribution in [3.8, 4) is 0 Å². The lowest BCUT2D eigenvalue weighted by molar-refractivity contribution is -0.434. The predicted molar refractivity (Wildman–Crippen MR) is 51.3 cm³/mol. The smallest absolute Gasteiger partial charge is 0.357 e. The maximum Gasteiger partial charge on any atom is 0.357 e. The van der Waals surface area contributed by atoms with E-state index in [0.717, 1.165) is 0 Å². The van der Waals surface area contributed by atoms with Crippen molar-refractivity contribution in [3.05, 3.63) is 0 Å². The summed E-state index contributed by atoms with van der Waals surface area (Å²) in [6.07, 6.45) is -6.90. The molecule has 1 aliphatic heterocycles. The summed E-state index contributed by atoms with van der Waals surface area (Å²) in [5, 5.41) is 46.9. The van der Waals surface area contributed by atoms with Gasteiger partial charge in [-0.25, -0.2) is 0 Å². The molecule has 0 amide bonds. The summed E-state index contributed by atoms with van der Waals surface area (Å²) in [7, 11) is 0. The Morgan fingerprint density at radius 2 is 1.94 bits per heavy atom. The second-order valence-electron chi connectivity index (χ2n) is 3.72. The number of hydrogen-bond acceptors (Lipinski definition) is 8. The topological polar surface area (TPSA) is 137 Å². The Kier molecular flexibility index (Phi) is 4.42. The number of rotatable bonds is 3. The van der Waals surface area contributed by atoms with Crippen molar-refractivity contribution in [2.24, 2.45) is 0 Å². The molecule has 0 saturated carbocycles. The zero-order chi connectivity index (χ0) is 13.2. The van der Waals surface area contributed by atoms with Crippen LogP contribution in [0.25, 0.3) is 0 Å². The number of aliphatic hydroxyl groups excluding tert-OH is 4. The number of ether oxygens (including phenoxy) is 2. The van der Waals surface area contributed by atoms with E-state index >= 15 is 0 Å². The zero-order valence-electron chi connectivity index (χ0n) is 9.18. The standard InChI is InChI=1S/C9H16O8/c1-2-5(11)17-9(15)8(14)7(13)6(12)4(3-10)16-9/h4,6-8,10,12-15H,2-3H2,1H3/t4-,6-,7+,8+,9+/m1/s1. The summed E-state index contributed by atoms with van der Waals surface area (Å²) in [6, 6.07) is 0. The van der Waals surface area contributed by atoms with Gasteiger partial charge in [-0.1, -0.05) is 6.92 Å². The first-order valence-electron chi connectivity index (χ1n) is 5.12. The third-order valence-electron chi connectivity index (χ3n) is 2.48. The Bertz CT molecular complexity index is 280. The summed E-state index contributed by atoms with van der Waals surface area (Å²) < 4.78 is 9.15. The quantitative estimate of drug-likeness (QED) is 0.266. The molecule has 1 aliphatic rings. The number of esters is 1. The average molecular weight is 252 g/mol. The van der Waals surface area contributed by atoms with Crippen molar-refractivity contribution < 1.29 is 39.8 Å². The van der Waals surface area contributed by atoms with Crippen LogP contribution in [0.15, 0.2) is 0 Å². The molecule has 8 heteroatoms. The molecule has 17 heavy (non-hydrogen) atoms. The molecule has 5 N–H and O–H groups in total. The highest BCUT2D eigenvalue weighted by molar-refractivity contribution is 5.69. The average Bonchev–Trinajstić information content (AvgIpc) is 2.31. The number of aliphatic hydroxyl groups is 5. The van der Waals surface area contributed by atoms with Crippen LogP contribution in [0.3, 0.4) is 0 Å². The summed E-state index contributed by atoms with van der Waals surface area (Å²) >= 11 is 0. The molecule has 0 spiro atoms. The molecule has 8 nitrogen and oxygen atoms in total. The summed E-state index contributed by atoms with van der Waals surface area (Å²) in [4.78, 5) is 11.0. The third-order valence-corrected chi connectivity index (χ3v) is 2.48. The van der Waals surface area contributed by atoms with Gasteiger partial charge >= 0.3 is 11.9 Å². The summed E-state index contributed by atoms with van der Waals surface area (Å²) in [6.45, 7) is 0.729. The lowest BCUT2D eigenvalue weighted by atomic mass is 9.98. The minimum absolute atomic E-state index is 0.0825. The Morgan fingerprint density at radius 3 is 2.41 bits per heavy atom. The Labute approximate surface area is 97.0 Å². The van der Waals surface area contributed by atoms with Crippen LogP contribution in [0.5, 0.6) is 0 Å². The molecule has 0 radical (unpaired) electrons. The Balaban J connectivity index is 2.86. The molecule has 100 valence electrons. The van der Waals surface area contributed by atoms with Crippen LogP contribution in [-0.4, -0.2) is 68.5 Å². The molecule has 0 aromatic heterocycles. The van der Waals surface area contributed by atoms with E-state index in [9.17, 15) is 25.2 Å². The highest BCUT2D eigenvalue weighted by Crippen LogP contribution is 2.29. The van der Waals surface area contributed by atoms with E-state index in [-0.39, 0.29) is 6.42 Å². The van der Waals surface area contributed by atoms with Crippen LogP contribution in [0.1, 0.15) is 13.3 Å². The van der Waals surface area contributed by atoms with E-state index < -0.39 is 43.0 Å². The van der Waals surface area contributed by atoms with Crippen molar-refractivity contribution >= 4 is 5.97 Å². The number of hydrogen-bond donors (Lipinski definition) is 5. The van der Waals surface area contributed by atoms with Crippen molar-refractivity contribution in [2.45, 2.75) is 43.7 Å². The van der Waals surface area contributed by atoms with Gasteiger partial charge in [0.2, 0.25) is 0 Å². The number of carbonyl (C=O) groups is 1. The molecular weight excluding hydrogens is 236 g/mol. The fraction of sp³-hybridized carbons (Fsp3) is 0.889. The Hall–Kier alpha value is -0.770. The molecule has 0 unspecified atom stereocenters. The monoisotopic (exact) mass is 252 g/mol. The van der Waals surface area contributed by atoms with Crippen LogP contribution in [0.4, 0.5) is 0 Å². The van der Waals surface area contributed by atoms with E-state index in [1.807, 2.05) is 0 Å². The SMILES string of the molecule is CCC(=O)O[C@@]1(O)O[C@H](CO)[C@@H](O)[C@H](O)[C@@H]1O. The Morgan fingerprint density at radius 1 is 1.35 bits per heavy atom. The van der Waals surface area contributed by atoms with Gasteiger partial charge in [-0.3, -0.25) is 4.79 Å². The molecule has 1 rings (SSSR count). The first kappa shape index (κ1) is 14.3. The molecule has 0 aliphatic carbocycles. The molecule has 0 aromatic rings. The molecular formula is C9H16O8. The molecule has 0 aromatic carbocycles. The van der Waals surface area contributed by atoms with Gasteiger partial charge in [-0.05, 0) is 0 Å². The van der Waals surface area contributed by atoms with Gasteiger partial charge in [0.15, 0.2) is 6.10 Å². The second-order valence-corrected chi connectivity index (χ2v) is 3.72. The van der Waals surface area contributed by atoms with Gasteiger partial charge in [0.05, 0.1) is 6.61 Å². The van der Waals surface area contributed by atoms with Crippen molar-refractivity contribution in [2.75, 3.05) is 6.61 Å². The van der Waals surface area contributed by atoms with Gasteiger partial charge in [0, 0.05) is 6.42 Å². The van der Waals surface area contributed by atoms with E-state index in [1.165, 1.54) is 6.92 Å². The maximum absolute atomic E-state index is 11.0. The van der Waals surface area contributed by atoms with Crippen LogP contribution >= 0.6 is 0 Å². The first-order valence-corrected chi connectivity index (χ1v) is 5.12. The highest BCUT2D eigenvalue weighted by atomic mass is 16.8. The minimum Gasteiger partial charge on any atom is -0.406 e. The van der Waals surface area contributed by atoms with Crippen LogP contribution in [-0.2, 0) is 14.3 Å². The lowest BCUT2D eigenvalue weighted by Gasteiger charge is -2.43. The summed E-state index contributed by atoms with van der Waals surface area (Å²) in [5.74, 6) is -3.65. The highest BCUT2D eigenvalue weighted by Gasteiger charge is 2.55. The second kappa shape index (κ2) is 5.25. The first-order chi connectivity index (χ1) is 7.85. The van der Waals surface area contributed by atoms with E-state index in [4.69, 9.17) is 9.84 Å². The number of carbonyl (C=O) groups excluding carboxylic acids is 1. The minimum atomic E-state index is -2.78. The normalized spacial score (nSPS) is 42.2. The molecule has 1 fully saturated rings. The molecule has 1 saturated heterocycles. The van der Waals surface area contributed by atoms with Crippen LogP contribution in [0, 0.1) is 0 Å². The molecule has 1 heterocycles. The third kappa shape index (κ3) is 2.73. The van der Waals surface area contributed by atoms with Crippen LogP contribution < -0.4 is 0 Å². The van der Waals surface area contributed by atoms with E-state index in [0.29, 0.717) is 0 Å². The van der Waals surface area contributed by atoms with Gasteiger partial charge < -0.3 is 35.0 Å². The van der Waals surface area contributed by atoms with Gasteiger partial charge in [0.25, 0.3) is 0 Å². The van der Waals surface area contributed by atoms with Crippen molar-refractivity contribution in [1.29, 1.82) is 0 Å². The van der Waals surface area contributed by atoms with Crippen LogP contribution in [0.2, 0.25) is 0 Å². The van der Waals surface area contributed by atoms with Crippen molar-refractivity contribution in [1.82, 2.24) is 0 Å². The zero-order valence-corrected chi connectivity index (χ0v) is 9.18. The van der Waals surface area contributed by atoms with Gasteiger partial charge in [-0.2, -0.15) is 0 Å². The molecule has 0 bridgehead atoms. The molecule has 5 atom stereocenters. The summed E-state index contributed by atoms with van der Waals surface area (Å²) in [5.41, 5.74) is 0. The van der Waals surface area contributed by atoms with Crippen molar-refractivity contribution in [3.63, 3.8) is 0 Å². The van der Waals surface area contributed by atoms with Gasteiger partial charge in [0.1, 0.15) is 18.3 Å². The largest absolute Gasteiger partial charge is 0.406 e. The maximum atomic E-state index is 11.0. The fourth-order valence-electron chi connectivity index (χ4n) is 1.44. The van der Waals surface area contributed by atoms with E-state index in [1.54, 1.807) is 0 Å². The van der Waals surface area contributed by atoms with E-state index in [2.05, 4.69) is 4.74 Å². The van der Waals surface area contributed by atoms with Gasteiger partial charge in [-0.15, -0.1) is 0 Å². The lowest BCUT2D eigenvalue weighted by Crippen LogP contribution is -2.66. The fourth-order valence-corrected chi connectivity index (χ4v) is 1.44.